The van der Waals surface area contributed by atoms with Gasteiger partial charge >= 0.3 is 0 Å². The van der Waals surface area contributed by atoms with Crippen LogP contribution in [0, 0.1) is 5.82 Å². The van der Waals surface area contributed by atoms with E-state index in [-0.39, 0.29) is 18.1 Å². The molecule has 1 N–H and O–H groups in total. The zero-order valence-corrected chi connectivity index (χ0v) is 10.5. The predicted octanol–water partition coefficient (Wildman–Crippen LogP) is 1.86. The Morgan fingerprint density at radius 3 is 2.74 bits per heavy atom. The van der Waals surface area contributed by atoms with Gasteiger partial charge in [0.25, 0.3) is 0 Å². The van der Waals surface area contributed by atoms with E-state index in [0.29, 0.717) is 0 Å². The van der Waals surface area contributed by atoms with Gasteiger partial charge in [0.2, 0.25) is 5.91 Å². The van der Waals surface area contributed by atoms with Gasteiger partial charge in [0.1, 0.15) is 5.82 Å². The molecule has 1 aromatic heterocycles. The van der Waals surface area contributed by atoms with E-state index < -0.39 is 0 Å². The lowest BCUT2D eigenvalue weighted by atomic mass is 10.2. The average Bonchev–Trinajstić information content (AvgIpc) is 2.78. The van der Waals surface area contributed by atoms with Gasteiger partial charge < -0.3 is 4.57 Å². The van der Waals surface area contributed by atoms with E-state index in [4.69, 9.17) is 0 Å². The molecule has 98 valence electrons. The quantitative estimate of drug-likeness (QED) is 0.661. The molecule has 0 saturated heterocycles. The SMILES string of the molecule is Cn1cccc1CC(=O)N/N=C/c1ccc(F)cc1. The third-order valence-electron chi connectivity index (χ3n) is 2.67. The summed E-state index contributed by atoms with van der Waals surface area (Å²) in [6.07, 6.45) is 3.62. The van der Waals surface area contributed by atoms with Crippen molar-refractivity contribution in [2.75, 3.05) is 0 Å². The van der Waals surface area contributed by atoms with Crippen LogP contribution in [-0.2, 0) is 18.3 Å². The first-order valence-electron chi connectivity index (χ1n) is 5.83. The second-order valence-electron chi connectivity index (χ2n) is 4.13. The number of aromatic nitrogens is 1. The first kappa shape index (κ1) is 13.0. The molecule has 0 saturated carbocycles. The summed E-state index contributed by atoms with van der Waals surface area (Å²) >= 11 is 0. The number of amides is 1. The molecule has 2 aromatic rings. The standard InChI is InChI=1S/C14H14FN3O/c1-18-8-2-3-13(18)9-14(19)17-16-10-11-4-6-12(15)7-5-11/h2-8,10H,9H2,1H3,(H,17,19)/b16-10+. The first-order valence-corrected chi connectivity index (χ1v) is 5.83. The topological polar surface area (TPSA) is 46.4 Å². The molecule has 0 radical (unpaired) electrons. The summed E-state index contributed by atoms with van der Waals surface area (Å²) in [6.45, 7) is 0. The molecule has 5 heteroatoms. The smallest absolute Gasteiger partial charge is 0.245 e. The average molecular weight is 259 g/mol. The number of benzene rings is 1. The maximum absolute atomic E-state index is 12.7. The van der Waals surface area contributed by atoms with Crippen LogP contribution in [0.3, 0.4) is 0 Å². The highest BCUT2D eigenvalue weighted by molar-refractivity contribution is 5.83. The number of halogens is 1. The third kappa shape index (κ3) is 3.77. The van der Waals surface area contributed by atoms with E-state index in [0.717, 1.165) is 11.3 Å². The number of aryl methyl sites for hydroxylation is 1. The lowest BCUT2D eigenvalue weighted by Gasteiger charge is -2.01. The first-order chi connectivity index (χ1) is 9.15. The number of nitrogens with zero attached hydrogens (tertiary/aromatic N) is 2. The number of hydrogen-bond donors (Lipinski definition) is 1. The van der Waals surface area contributed by atoms with Crippen molar-refractivity contribution in [3.8, 4) is 0 Å². The van der Waals surface area contributed by atoms with Crippen molar-refractivity contribution in [3.63, 3.8) is 0 Å². The Morgan fingerprint density at radius 2 is 2.11 bits per heavy atom. The molecule has 0 atom stereocenters. The van der Waals surface area contributed by atoms with E-state index in [9.17, 15) is 9.18 Å². The van der Waals surface area contributed by atoms with E-state index in [2.05, 4.69) is 10.5 Å². The number of nitrogens with one attached hydrogen (secondary N) is 1. The summed E-state index contributed by atoms with van der Waals surface area (Å²) < 4.78 is 14.5. The van der Waals surface area contributed by atoms with Crippen LogP contribution in [-0.4, -0.2) is 16.7 Å². The summed E-state index contributed by atoms with van der Waals surface area (Å²) in [6, 6.07) is 9.61. The van der Waals surface area contributed by atoms with Crippen LogP contribution >= 0.6 is 0 Å². The second-order valence-corrected chi connectivity index (χ2v) is 4.13. The van der Waals surface area contributed by atoms with Crippen LogP contribution in [0.1, 0.15) is 11.3 Å². The van der Waals surface area contributed by atoms with E-state index >= 15 is 0 Å². The molecule has 0 fully saturated rings. The van der Waals surface area contributed by atoms with Gasteiger partial charge in [0.15, 0.2) is 0 Å². The summed E-state index contributed by atoms with van der Waals surface area (Å²) in [5, 5.41) is 3.83. The fraction of sp³-hybridized carbons (Fsp3) is 0.143. The Labute approximate surface area is 110 Å². The zero-order valence-electron chi connectivity index (χ0n) is 10.5. The summed E-state index contributed by atoms with van der Waals surface area (Å²) in [5.74, 6) is -0.495. The number of rotatable bonds is 4. The molecule has 1 amide bonds. The molecule has 1 heterocycles. The molecule has 2 rings (SSSR count). The minimum atomic E-state index is -0.301. The van der Waals surface area contributed by atoms with Crippen molar-refractivity contribution >= 4 is 12.1 Å². The molecule has 1 aromatic carbocycles. The molecule has 0 spiro atoms. The Balaban J connectivity index is 1.86. The largest absolute Gasteiger partial charge is 0.354 e. The van der Waals surface area contributed by atoms with Crippen LogP contribution in [0.2, 0.25) is 0 Å². The van der Waals surface area contributed by atoms with Gasteiger partial charge in [-0.3, -0.25) is 4.79 Å². The van der Waals surface area contributed by atoms with Gasteiger partial charge in [-0.25, -0.2) is 9.82 Å². The van der Waals surface area contributed by atoms with Gasteiger partial charge in [-0.05, 0) is 29.8 Å². The number of hydrogen-bond acceptors (Lipinski definition) is 2. The van der Waals surface area contributed by atoms with Crippen molar-refractivity contribution in [1.82, 2.24) is 9.99 Å². The summed E-state index contributed by atoms with van der Waals surface area (Å²) in [4.78, 5) is 11.6. The van der Waals surface area contributed by atoms with Crippen molar-refractivity contribution in [3.05, 3.63) is 59.7 Å². The Hall–Kier alpha value is -2.43. The van der Waals surface area contributed by atoms with E-state index in [1.54, 1.807) is 12.1 Å². The number of hydrazone groups is 1. The van der Waals surface area contributed by atoms with Crippen LogP contribution in [0.4, 0.5) is 4.39 Å². The maximum Gasteiger partial charge on any atom is 0.245 e. The molecule has 0 aliphatic rings. The van der Waals surface area contributed by atoms with Gasteiger partial charge in [0.05, 0.1) is 12.6 Å². The normalized spacial score (nSPS) is 10.8. The molecule has 0 aliphatic heterocycles. The van der Waals surface area contributed by atoms with Crippen molar-refractivity contribution in [1.29, 1.82) is 0 Å². The third-order valence-corrected chi connectivity index (χ3v) is 2.67. The summed E-state index contributed by atoms with van der Waals surface area (Å²) in [5.41, 5.74) is 4.07. The van der Waals surface area contributed by atoms with Crippen LogP contribution < -0.4 is 5.43 Å². The van der Waals surface area contributed by atoms with Gasteiger partial charge in [0, 0.05) is 18.9 Å². The number of carbonyl (C=O) groups is 1. The van der Waals surface area contributed by atoms with Crippen molar-refractivity contribution in [2.24, 2.45) is 12.1 Å². The Kier molecular flexibility index (Phi) is 4.07. The van der Waals surface area contributed by atoms with Crippen molar-refractivity contribution < 1.29 is 9.18 Å². The van der Waals surface area contributed by atoms with Gasteiger partial charge in [-0.1, -0.05) is 12.1 Å². The summed E-state index contributed by atoms with van der Waals surface area (Å²) in [7, 11) is 1.88. The fourth-order valence-corrected chi connectivity index (χ4v) is 1.61. The maximum atomic E-state index is 12.7. The molecule has 0 unspecified atom stereocenters. The lowest BCUT2D eigenvalue weighted by Crippen LogP contribution is -2.20. The lowest BCUT2D eigenvalue weighted by molar-refractivity contribution is -0.120. The molecular formula is C14H14FN3O. The Bertz CT molecular complexity index is 587. The van der Waals surface area contributed by atoms with Crippen LogP contribution in [0.5, 0.6) is 0 Å². The molecular weight excluding hydrogens is 245 g/mol. The monoisotopic (exact) mass is 259 g/mol. The van der Waals surface area contributed by atoms with Crippen LogP contribution in [0.25, 0.3) is 0 Å². The highest BCUT2D eigenvalue weighted by atomic mass is 19.1. The van der Waals surface area contributed by atoms with Gasteiger partial charge in [-0.15, -0.1) is 0 Å². The van der Waals surface area contributed by atoms with Crippen LogP contribution in [0.15, 0.2) is 47.7 Å². The van der Waals surface area contributed by atoms with E-state index in [1.807, 2.05) is 29.9 Å². The molecule has 0 aliphatic carbocycles. The zero-order chi connectivity index (χ0) is 13.7. The minimum Gasteiger partial charge on any atom is -0.354 e. The molecule has 4 nitrogen and oxygen atoms in total. The van der Waals surface area contributed by atoms with Gasteiger partial charge in [-0.2, -0.15) is 5.10 Å². The highest BCUT2D eigenvalue weighted by Gasteiger charge is 2.04. The fourth-order valence-electron chi connectivity index (χ4n) is 1.61. The number of carbonyl (C=O) groups excluding carboxylic acids is 1. The predicted molar refractivity (Wildman–Crippen MR) is 71.3 cm³/mol. The molecule has 0 bridgehead atoms. The van der Waals surface area contributed by atoms with Crippen molar-refractivity contribution in [2.45, 2.75) is 6.42 Å². The second kappa shape index (κ2) is 5.95. The van der Waals surface area contributed by atoms with E-state index in [1.165, 1.54) is 18.3 Å². The highest BCUT2D eigenvalue weighted by Crippen LogP contribution is 2.01. The Morgan fingerprint density at radius 1 is 1.37 bits per heavy atom. The molecule has 19 heavy (non-hydrogen) atoms. The minimum absolute atomic E-state index is 0.194.